The van der Waals surface area contributed by atoms with Gasteiger partial charge in [0, 0.05) is 28.5 Å². The van der Waals surface area contributed by atoms with Crippen molar-refractivity contribution in [2.45, 2.75) is 76.7 Å². The standard InChI is InChI=1S/C31H36FNO3S/c1-19-15-24-23-11-10-21-16-22(34)13-14-28(21,2)30(23,32)26(35)17-29(24,3)31(19,36)25-18-37-27(33-25)12-9-20-7-5-4-6-8-20/h4-8,13-14,16,18-19,23-24,26,35-36H,9-12,15,17H2,1-3H3/t19-,23+,24+,26+,28+,29+,30+,31+/m1/s1. The Labute approximate surface area is 222 Å². The average Bonchev–Trinajstić information content (AvgIpc) is 3.43. The molecular formula is C31H36FNO3S. The summed E-state index contributed by atoms with van der Waals surface area (Å²) in [5.41, 5.74) is -2.13. The number of hydrogen-bond acceptors (Lipinski definition) is 5. The van der Waals surface area contributed by atoms with Gasteiger partial charge in [0.15, 0.2) is 11.5 Å². The zero-order valence-corrected chi connectivity index (χ0v) is 22.6. The summed E-state index contributed by atoms with van der Waals surface area (Å²) in [7, 11) is 0. The highest BCUT2D eigenvalue weighted by molar-refractivity contribution is 7.09. The lowest BCUT2D eigenvalue weighted by molar-refractivity contribution is -0.223. The van der Waals surface area contributed by atoms with Crippen LogP contribution in [0.4, 0.5) is 4.39 Å². The van der Waals surface area contributed by atoms with Crippen molar-refractivity contribution in [3.8, 4) is 0 Å². The smallest absolute Gasteiger partial charge is 0.178 e. The lowest BCUT2D eigenvalue weighted by Crippen LogP contribution is -2.68. The van der Waals surface area contributed by atoms with E-state index >= 15 is 4.39 Å². The predicted molar refractivity (Wildman–Crippen MR) is 143 cm³/mol. The van der Waals surface area contributed by atoms with Gasteiger partial charge in [-0.2, -0.15) is 0 Å². The van der Waals surface area contributed by atoms with Gasteiger partial charge in [0.25, 0.3) is 0 Å². The molecule has 0 spiro atoms. The second kappa shape index (κ2) is 8.42. The number of fused-ring (bicyclic) bond motifs is 5. The number of aromatic nitrogens is 1. The molecule has 8 atom stereocenters. The maximum atomic E-state index is 17.4. The van der Waals surface area contributed by atoms with Crippen LogP contribution in [0.1, 0.15) is 62.7 Å². The fraction of sp³-hybridized carbons (Fsp3) is 0.548. The molecule has 1 aromatic heterocycles. The van der Waals surface area contributed by atoms with Gasteiger partial charge in [-0.25, -0.2) is 9.37 Å². The minimum absolute atomic E-state index is 0.0974. The molecule has 3 saturated carbocycles. The van der Waals surface area contributed by atoms with Crippen LogP contribution in [-0.4, -0.2) is 32.8 Å². The number of ketones is 1. The zero-order valence-electron chi connectivity index (χ0n) is 21.8. The molecule has 4 aliphatic carbocycles. The highest BCUT2D eigenvalue weighted by atomic mass is 32.1. The third-order valence-electron chi connectivity index (χ3n) is 10.6. The summed E-state index contributed by atoms with van der Waals surface area (Å²) in [5, 5.41) is 27.0. The Morgan fingerprint density at radius 3 is 2.68 bits per heavy atom. The lowest BCUT2D eigenvalue weighted by Gasteiger charge is -2.62. The van der Waals surface area contributed by atoms with Crippen molar-refractivity contribution < 1.29 is 19.4 Å². The summed E-state index contributed by atoms with van der Waals surface area (Å²) in [6.07, 6.45) is 7.19. The highest BCUT2D eigenvalue weighted by Crippen LogP contribution is 2.72. The molecule has 196 valence electrons. The lowest BCUT2D eigenvalue weighted by atomic mass is 9.44. The van der Waals surface area contributed by atoms with Crippen LogP contribution >= 0.6 is 11.3 Å². The predicted octanol–water partition coefficient (Wildman–Crippen LogP) is 5.73. The Morgan fingerprint density at radius 1 is 1.16 bits per heavy atom. The first kappa shape index (κ1) is 25.1. The molecule has 0 saturated heterocycles. The average molecular weight is 522 g/mol. The summed E-state index contributed by atoms with van der Waals surface area (Å²) < 4.78 is 17.4. The molecule has 0 radical (unpaired) electrons. The van der Waals surface area contributed by atoms with Crippen LogP contribution in [0.5, 0.6) is 0 Å². The first-order valence-electron chi connectivity index (χ1n) is 13.6. The number of carbonyl (C=O) groups excluding carboxylic acids is 1. The molecule has 37 heavy (non-hydrogen) atoms. The van der Waals surface area contributed by atoms with Crippen LogP contribution in [0.3, 0.4) is 0 Å². The van der Waals surface area contributed by atoms with Crippen LogP contribution in [-0.2, 0) is 23.2 Å². The second-order valence-electron chi connectivity index (χ2n) is 12.3. The fourth-order valence-electron chi connectivity index (χ4n) is 8.59. The molecule has 0 aliphatic heterocycles. The molecule has 1 aromatic carbocycles. The summed E-state index contributed by atoms with van der Waals surface area (Å²) in [6.45, 7) is 5.93. The molecule has 2 N–H and O–H groups in total. The Morgan fingerprint density at radius 2 is 1.92 bits per heavy atom. The Hall–Kier alpha value is -2.15. The van der Waals surface area contributed by atoms with Crippen LogP contribution in [0, 0.1) is 28.6 Å². The van der Waals surface area contributed by atoms with E-state index in [1.165, 1.54) is 11.6 Å². The van der Waals surface area contributed by atoms with E-state index in [0.717, 1.165) is 23.4 Å². The van der Waals surface area contributed by atoms with Gasteiger partial charge < -0.3 is 10.2 Å². The van der Waals surface area contributed by atoms with Gasteiger partial charge in [-0.15, -0.1) is 11.3 Å². The van der Waals surface area contributed by atoms with Crippen molar-refractivity contribution in [1.29, 1.82) is 0 Å². The van der Waals surface area contributed by atoms with Crippen molar-refractivity contribution in [2.24, 2.45) is 28.6 Å². The van der Waals surface area contributed by atoms with Gasteiger partial charge in [-0.3, -0.25) is 4.79 Å². The molecule has 2 aromatic rings. The molecule has 1 heterocycles. The largest absolute Gasteiger partial charge is 0.390 e. The molecule has 4 aliphatic rings. The normalized spacial score (nSPS) is 42.6. The summed E-state index contributed by atoms with van der Waals surface area (Å²) in [5.74, 6) is -0.733. The molecule has 3 fully saturated rings. The van der Waals surface area contributed by atoms with Gasteiger partial charge in [-0.1, -0.05) is 55.8 Å². The van der Waals surface area contributed by atoms with Crippen LogP contribution in [0.15, 0.2) is 59.5 Å². The van der Waals surface area contributed by atoms with E-state index < -0.39 is 34.1 Å². The van der Waals surface area contributed by atoms with E-state index in [-0.39, 0.29) is 24.0 Å². The number of nitrogens with zero attached hydrogens (tertiary/aromatic N) is 1. The first-order valence-corrected chi connectivity index (χ1v) is 14.4. The van der Waals surface area contributed by atoms with Gasteiger partial charge in [0.1, 0.15) is 5.60 Å². The number of carbonyl (C=O) groups is 1. The number of rotatable bonds is 4. The van der Waals surface area contributed by atoms with E-state index in [9.17, 15) is 15.0 Å². The fourth-order valence-corrected chi connectivity index (χ4v) is 9.44. The van der Waals surface area contributed by atoms with E-state index in [4.69, 9.17) is 4.98 Å². The minimum atomic E-state index is -1.88. The second-order valence-corrected chi connectivity index (χ2v) is 13.2. The van der Waals surface area contributed by atoms with Crippen molar-refractivity contribution in [3.05, 3.63) is 75.8 Å². The van der Waals surface area contributed by atoms with Crippen molar-refractivity contribution >= 4 is 17.1 Å². The van der Waals surface area contributed by atoms with E-state index in [1.54, 1.807) is 23.5 Å². The van der Waals surface area contributed by atoms with Crippen LogP contribution < -0.4 is 0 Å². The number of aryl methyl sites for hydroxylation is 2. The molecule has 4 nitrogen and oxygen atoms in total. The molecule has 6 heteroatoms. The number of hydrogen-bond donors (Lipinski definition) is 2. The molecule has 0 amide bonds. The zero-order chi connectivity index (χ0) is 26.2. The van der Waals surface area contributed by atoms with E-state index in [2.05, 4.69) is 12.1 Å². The topological polar surface area (TPSA) is 70.4 Å². The Kier molecular flexibility index (Phi) is 5.73. The van der Waals surface area contributed by atoms with Crippen molar-refractivity contribution in [1.82, 2.24) is 4.98 Å². The van der Waals surface area contributed by atoms with Crippen molar-refractivity contribution in [3.63, 3.8) is 0 Å². The molecular weight excluding hydrogens is 485 g/mol. The number of aliphatic hydroxyl groups is 2. The molecule has 6 rings (SSSR count). The number of aliphatic hydroxyl groups excluding tert-OH is 1. The van der Waals surface area contributed by atoms with E-state index in [0.29, 0.717) is 25.0 Å². The molecule has 0 bridgehead atoms. The number of allylic oxidation sites excluding steroid dienone is 4. The number of halogens is 1. The Bertz CT molecular complexity index is 1290. The van der Waals surface area contributed by atoms with Crippen LogP contribution in [0.25, 0.3) is 0 Å². The monoisotopic (exact) mass is 521 g/mol. The first-order chi connectivity index (χ1) is 17.5. The van der Waals surface area contributed by atoms with E-state index in [1.807, 2.05) is 44.4 Å². The van der Waals surface area contributed by atoms with Crippen LogP contribution in [0.2, 0.25) is 0 Å². The highest BCUT2D eigenvalue weighted by Gasteiger charge is 2.74. The Balaban J connectivity index is 1.33. The maximum absolute atomic E-state index is 17.4. The minimum Gasteiger partial charge on any atom is -0.390 e. The summed E-state index contributed by atoms with van der Waals surface area (Å²) >= 11 is 1.58. The number of benzene rings is 1. The third kappa shape index (κ3) is 3.31. The number of thiazole rings is 1. The number of alkyl halides is 1. The maximum Gasteiger partial charge on any atom is 0.178 e. The van der Waals surface area contributed by atoms with Gasteiger partial charge >= 0.3 is 0 Å². The van der Waals surface area contributed by atoms with Gasteiger partial charge in [0.05, 0.1) is 16.8 Å². The van der Waals surface area contributed by atoms with Gasteiger partial charge in [0.2, 0.25) is 0 Å². The summed E-state index contributed by atoms with van der Waals surface area (Å²) in [4.78, 5) is 17.0. The summed E-state index contributed by atoms with van der Waals surface area (Å²) in [6, 6.07) is 10.3. The van der Waals surface area contributed by atoms with Crippen molar-refractivity contribution in [2.75, 3.05) is 0 Å². The SMILES string of the molecule is C[C@@H]1C[C@H]2[C@@H]3CCC4=CC(=O)C=C[C@]4(C)[C@@]3(F)[C@@H](O)C[C@]2(C)[C@@]1(O)c1csc(CCc2ccccc2)n1. The third-order valence-corrected chi connectivity index (χ3v) is 11.5. The molecule has 0 unspecified atom stereocenters. The quantitative estimate of drug-likeness (QED) is 0.539. The van der Waals surface area contributed by atoms with Gasteiger partial charge in [-0.05, 0) is 68.6 Å².